The normalized spacial score (nSPS) is 22.3. The number of amides is 1. The van der Waals surface area contributed by atoms with Gasteiger partial charge in [-0.3, -0.25) is 9.78 Å². The lowest BCUT2D eigenvalue weighted by molar-refractivity contribution is -0.123. The maximum absolute atomic E-state index is 14.0. The molecule has 0 radical (unpaired) electrons. The van der Waals surface area contributed by atoms with Crippen LogP contribution in [0.15, 0.2) is 42.6 Å². The lowest BCUT2D eigenvalue weighted by Gasteiger charge is -2.35. The third-order valence-electron chi connectivity index (χ3n) is 8.90. The highest BCUT2D eigenvalue weighted by molar-refractivity contribution is 6.08. The predicted octanol–water partition coefficient (Wildman–Crippen LogP) is 7.03. The number of rotatable bonds is 10. The summed E-state index contributed by atoms with van der Waals surface area (Å²) in [5.41, 5.74) is 4.93. The average molecular weight is 529 g/mol. The van der Waals surface area contributed by atoms with Crippen LogP contribution in [0.5, 0.6) is 5.75 Å². The number of aryl methyl sites for hydroxylation is 1. The van der Waals surface area contributed by atoms with Crippen LogP contribution in [0.25, 0.3) is 5.57 Å². The van der Waals surface area contributed by atoms with Crippen LogP contribution < -0.4 is 15.0 Å². The summed E-state index contributed by atoms with van der Waals surface area (Å²) in [4.78, 5) is 20.9. The summed E-state index contributed by atoms with van der Waals surface area (Å²) in [6.45, 7) is 2.78. The standard InChI is InChI=1S/C33H44N4O2/c1-23-32(39-2)18-17-31(36-23)25-13-11-24(12-14-25)22-37(33(38)26-7-4-3-5-8-26)30-10-6-9-27(19-30)28(20-34)21-35-29-15-16-29/h6,9-10,17-21,24-26,29,34-35H,3-5,7-8,11-16,22H2,1-2H3/b28-21+,34-20?. The second-order valence-corrected chi connectivity index (χ2v) is 11.8. The SMILES string of the molecule is COc1ccc(C2CCC(CN(C(=O)C3CCCCC3)c3cccc(/C(C=N)=C/NC4CC4)c3)CC2)nc1C. The van der Waals surface area contributed by atoms with Gasteiger partial charge in [0.15, 0.2) is 0 Å². The van der Waals surface area contributed by atoms with Gasteiger partial charge in [0, 0.05) is 53.8 Å². The van der Waals surface area contributed by atoms with Crippen molar-refractivity contribution < 1.29 is 9.53 Å². The van der Waals surface area contributed by atoms with Gasteiger partial charge in [-0.15, -0.1) is 0 Å². The van der Waals surface area contributed by atoms with Crippen LogP contribution in [0.2, 0.25) is 0 Å². The smallest absolute Gasteiger partial charge is 0.230 e. The first-order valence-electron chi connectivity index (χ1n) is 15.0. The second-order valence-electron chi connectivity index (χ2n) is 11.8. The number of methoxy groups -OCH3 is 1. The highest BCUT2D eigenvalue weighted by Crippen LogP contribution is 2.38. The van der Waals surface area contributed by atoms with E-state index in [-0.39, 0.29) is 11.8 Å². The van der Waals surface area contributed by atoms with E-state index in [4.69, 9.17) is 15.1 Å². The van der Waals surface area contributed by atoms with Gasteiger partial charge < -0.3 is 20.4 Å². The summed E-state index contributed by atoms with van der Waals surface area (Å²) in [6.07, 6.45) is 15.7. The molecule has 3 aliphatic carbocycles. The number of pyridine rings is 1. The number of nitrogens with zero attached hydrogens (tertiary/aromatic N) is 2. The van der Waals surface area contributed by atoms with Gasteiger partial charge in [-0.2, -0.15) is 0 Å². The second kappa shape index (κ2) is 12.8. The Kier molecular flexibility index (Phi) is 9.00. The van der Waals surface area contributed by atoms with Crippen molar-refractivity contribution in [2.75, 3.05) is 18.6 Å². The topological polar surface area (TPSA) is 78.3 Å². The van der Waals surface area contributed by atoms with Gasteiger partial charge in [-0.25, -0.2) is 0 Å². The van der Waals surface area contributed by atoms with Crippen molar-refractivity contribution >= 4 is 23.4 Å². The zero-order valence-corrected chi connectivity index (χ0v) is 23.6. The van der Waals surface area contributed by atoms with Crippen LogP contribution in [0.1, 0.15) is 93.5 Å². The van der Waals surface area contributed by atoms with E-state index in [0.29, 0.717) is 17.9 Å². The molecule has 0 bridgehead atoms. The molecule has 1 amide bonds. The maximum atomic E-state index is 14.0. The number of carbonyl (C=O) groups excluding carboxylic acids is 1. The Hall–Kier alpha value is -3.15. The zero-order chi connectivity index (χ0) is 27.2. The molecule has 2 aromatic rings. The quantitative estimate of drug-likeness (QED) is 0.325. The molecule has 208 valence electrons. The first-order chi connectivity index (χ1) is 19.1. The molecule has 0 unspecified atom stereocenters. The molecular weight excluding hydrogens is 484 g/mol. The minimum atomic E-state index is 0.125. The molecule has 0 spiro atoms. The molecule has 0 saturated heterocycles. The molecule has 6 nitrogen and oxygen atoms in total. The maximum Gasteiger partial charge on any atom is 0.230 e. The van der Waals surface area contributed by atoms with Crippen molar-refractivity contribution in [2.24, 2.45) is 11.8 Å². The summed E-state index contributed by atoms with van der Waals surface area (Å²) in [5.74, 6) is 2.20. The Bertz CT molecular complexity index is 1170. The third-order valence-corrected chi connectivity index (χ3v) is 8.90. The molecule has 0 aliphatic heterocycles. The van der Waals surface area contributed by atoms with E-state index in [1.807, 2.05) is 31.3 Å². The van der Waals surface area contributed by atoms with E-state index in [2.05, 4.69) is 28.4 Å². The van der Waals surface area contributed by atoms with E-state index in [9.17, 15) is 4.79 Å². The molecular formula is C33H44N4O2. The summed E-state index contributed by atoms with van der Waals surface area (Å²) in [5, 5.41) is 11.4. The van der Waals surface area contributed by atoms with Crippen molar-refractivity contribution in [3.8, 4) is 5.75 Å². The largest absolute Gasteiger partial charge is 0.495 e. The van der Waals surface area contributed by atoms with Crippen LogP contribution in [0, 0.1) is 24.2 Å². The number of carbonyl (C=O) groups is 1. The molecule has 39 heavy (non-hydrogen) atoms. The van der Waals surface area contributed by atoms with Gasteiger partial charge in [0.25, 0.3) is 0 Å². The molecule has 0 atom stereocenters. The van der Waals surface area contributed by atoms with Crippen molar-refractivity contribution in [1.29, 1.82) is 5.41 Å². The lowest BCUT2D eigenvalue weighted by atomic mass is 9.79. The molecule has 1 aromatic heterocycles. The van der Waals surface area contributed by atoms with Gasteiger partial charge in [0.05, 0.1) is 12.8 Å². The number of hydrogen-bond acceptors (Lipinski definition) is 5. The number of nitrogens with one attached hydrogen (secondary N) is 2. The number of allylic oxidation sites excluding steroid dienone is 1. The van der Waals surface area contributed by atoms with E-state index in [0.717, 1.165) is 86.2 Å². The first-order valence-corrected chi connectivity index (χ1v) is 15.0. The van der Waals surface area contributed by atoms with Crippen molar-refractivity contribution in [3.05, 3.63) is 59.5 Å². The molecule has 3 fully saturated rings. The summed E-state index contributed by atoms with van der Waals surface area (Å²) in [6, 6.07) is 13.0. The molecule has 5 rings (SSSR count). The molecule has 6 heteroatoms. The Balaban J connectivity index is 1.31. The third kappa shape index (κ3) is 6.90. The van der Waals surface area contributed by atoms with Gasteiger partial charge in [0.2, 0.25) is 5.91 Å². The van der Waals surface area contributed by atoms with Crippen molar-refractivity contribution in [1.82, 2.24) is 10.3 Å². The summed E-state index contributed by atoms with van der Waals surface area (Å²) >= 11 is 0. The Morgan fingerprint density at radius 3 is 2.49 bits per heavy atom. The monoisotopic (exact) mass is 528 g/mol. The number of benzene rings is 1. The minimum absolute atomic E-state index is 0.125. The van der Waals surface area contributed by atoms with Crippen LogP contribution in [0.3, 0.4) is 0 Å². The van der Waals surface area contributed by atoms with Crippen molar-refractivity contribution in [2.45, 2.75) is 89.5 Å². The highest BCUT2D eigenvalue weighted by Gasteiger charge is 2.31. The lowest BCUT2D eigenvalue weighted by Crippen LogP contribution is -2.41. The number of anilines is 1. The van der Waals surface area contributed by atoms with Crippen LogP contribution in [-0.4, -0.2) is 36.8 Å². The van der Waals surface area contributed by atoms with Gasteiger partial charge in [0.1, 0.15) is 5.75 Å². The highest BCUT2D eigenvalue weighted by atomic mass is 16.5. The van der Waals surface area contributed by atoms with Crippen LogP contribution in [-0.2, 0) is 4.79 Å². The van der Waals surface area contributed by atoms with Crippen molar-refractivity contribution in [3.63, 3.8) is 0 Å². The van der Waals surface area contributed by atoms with Gasteiger partial charge in [-0.1, -0.05) is 31.4 Å². The fraction of sp³-hybridized carbons (Fsp3) is 0.545. The fourth-order valence-corrected chi connectivity index (χ4v) is 6.32. The minimum Gasteiger partial charge on any atom is -0.495 e. The van der Waals surface area contributed by atoms with E-state index >= 15 is 0 Å². The molecule has 3 saturated carbocycles. The molecule has 3 aliphatic rings. The number of aromatic nitrogens is 1. The molecule has 1 aromatic carbocycles. The first kappa shape index (κ1) is 27.4. The van der Waals surface area contributed by atoms with E-state index in [1.54, 1.807) is 7.11 Å². The molecule has 2 N–H and O–H groups in total. The van der Waals surface area contributed by atoms with Gasteiger partial charge >= 0.3 is 0 Å². The Labute approximate surface area is 233 Å². The average Bonchev–Trinajstić information content (AvgIpc) is 3.81. The predicted molar refractivity (Wildman–Crippen MR) is 159 cm³/mol. The molecule has 1 heterocycles. The summed E-state index contributed by atoms with van der Waals surface area (Å²) in [7, 11) is 1.69. The summed E-state index contributed by atoms with van der Waals surface area (Å²) < 4.78 is 5.40. The fourth-order valence-electron chi connectivity index (χ4n) is 6.32. The number of ether oxygens (including phenoxy) is 1. The zero-order valence-electron chi connectivity index (χ0n) is 23.6. The van der Waals surface area contributed by atoms with E-state index < -0.39 is 0 Å². The Morgan fingerprint density at radius 1 is 1.05 bits per heavy atom. The Morgan fingerprint density at radius 2 is 1.82 bits per heavy atom. The van der Waals surface area contributed by atoms with E-state index in [1.165, 1.54) is 31.2 Å². The number of hydrogen-bond donors (Lipinski definition) is 2. The van der Waals surface area contributed by atoms with Crippen LogP contribution in [0.4, 0.5) is 5.69 Å². The van der Waals surface area contributed by atoms with Crippen LogP contribution >= 0.6 is 0 Å². The van der Waals surface area contributed by atoms with Gasteiger partial charge in [-0.05, 0) is 94.0 Å².